The van der Waals surface area contributed by atoms with Crippen LogP contribution in [0.15, 0.2) is 28.7 Å². The first-order chi connectivity index (χ1) is 9.60. The zero-order chi connectivity index (χ0) is 14.5. The number of halogens is 1. The van der Waals surface area contributed by atoms with Crippen LogP contribution in [0.1, 0.15) is 10.4 Å². The second-order valence-corrected chi connectivity index (χ2v) is 5.57. The number of amides is 1. The van der Waals surface area contributed by atoms with Gasteiger partial charge in [0.2, 0.25) is 0 Å². The van der Waals surface area contributed by atoms with Gasteiger partial charge in [-0.05, 0) is 24.3 Å². The van der Waals surface area contributed by atoms with E-state index in [0.29, 0.717) is 31.7 Å². The fourth-order valence-corrected chi connectivity index (χ4v) is 2.40. The molecule has 2 rings (SSSR count). The Hall–Kier alpha value is -1.40. The summed E-state index contributed by atoms with van der Waals surface area (Å²) in [6.45, 7) is 2.93. The minimum absolute atomic E-state index is 0.0372. The van der Waals surface area contributed by atoms with Gasteiger partial charge in [0.25, 0.3) is 5.91 Å². The van der Waals surface area contributed by atoms with Crippen molar-refractivity contribution in [1.29, 1.82) is 0 Å². The molecule has 0 atom stereocenters. The molecule has 0 bridgehead atoms. The summed E-state index contributed by atoms with van der Waals surface area (Å²) in [6, 6.07) is 7.35. The second-order valence-electron chi connectivity index (χ2n) is 4.65. The Labute approximate surface area is 126 Å². The Morgan fingerprint density at radius 3 is 2.30 bits per heavy atom. The van der Waals surface area contributed by atoms with Gasteiger partial charge in [0.1, 0.15) is 0 Å². The van der Waals surface area contributed by atoms with Crippen LogP contribution in [0.4, 0.5) is 0 Å². The van der Waals surface area contributed by atoms with Crippen molar-refractivity contribution in [2.45, 2.75) is 0 Å². The molecule has 0 unspecified atom stereocenters. The lowest BCUT2D eigenvalue weighted by atomic mass is 10.2. The number of piperazine rings is 1. The van der Waals surface area contributed by atoms with E-state index in [9.17, 15) is 9.59 Å². The summed E-state index contributed by atoms with van der Waals surface area (Å²) in [5.74, 6) is -0.201. The number of hydrogen-bond acceptors (Lipinski definition) is 4. The average molecular weight is 341 g/mol. The van der Waals surface area contributed by atoms with Crippen LogP contribution in [0.2, 0.25) is 0 Å². The molecule has 1 aliphatic heterocycles. The van der Waals surface area contributed by atoms with Gasteiger partial charge in [-0.3, -0.25) is 14.5 Å². The summed E-state index contributed by atoms with van der Waals surface area (Å²) in [5.41, 5.74) is 0.689. The lowest BCUT2D eigenvalue weighted by Crippen LogP contribution is -2.50. The maximum atomic E-state index is 12.3. The summed E-state index contributed by atoms with van der Waals surface area (Å²) < 4.78 is 5.60. The molecule has 0 N–H and O–H groups in total. The van der Waals surface area contributed by atoms with Crippen LogP contribution >= 0.6 is 15.9 Å². The zero-order valence-electron chi connectivity index (χ0n) is 11.3. The molecule has 1 aromatic carbocycles. The Morgan fingerprint density at radius 2 is 1.75 bits per heavy atom. The predicted octanol–water partition coefficient (Wildman–Crippen LogP) is 1.38. The monoisotopic (exact) mass is 340 g/mol. The molecule has 0 radical (unpaired) electrons. The van der Waals surface area contributed by atoms with E-state index in [1.807, 2.05) is 34.1 Å². The third kappa shape index (κ3) is 3.80. The molecular weight excluding hydrogens is 324 g/mol. The fraction of sp³-hybridized carbons (Fsp3) is 0.429. The summed E-state index contributed by atoms with van der Waals surface area (Å²) in [6.07, 6.45) is 0. The van der Waals surface area contributed by atoms with Gasteiger partial charge in [-0.15, -0.1) is 0 Å². The molecule has 1 heterocycles. The molecule has 0 aliphatic carbocycles. The Balaban J connectivity index is 1.88. The van der Waals surface area contributed by atoms with Crippen molar-refractivity contribution in [3.63, 3.8) is 0 Å². The Kier molecular flexibility index (Phi) is 5.14. The van der Waals surface area contributed by atoms with E-state index in [4.69, 9.17) is 0 Å². The van der Waals surface area contributed by atoms with Gasteiger partial charge in [-0.2, -0.15) is 0 Å². The lowest BCUT2D eigenvalue weighted by molar-refractivity contribution is -0.142. The maximum absolute atomic E-state index is 12.3. The van der Waals surface area contributed by atoms with Crippen LogP contribution in [0.5, 0.6) is 0 Å². The van der Waals surface area contributed by atoms with Crippen LogP contribution in [-0.2, 0) is 9.53 Å². The quantitative estimate of drug-likeness (QED) is 0.780. The number of benzene rings is 1. The van der Waals surface area contributed by atoms with Gasteiger partial charge in [0.15, 0.2) is 0 Å². The van der Waals surface area contributed by atoms with Crippen LogP contribution in [0.25, 0.3) is 0 Å². The average Bonchev–Trinajstić information content (AvgIpc) is 2.48. The minimum Gasteiger partial charge on any atom is -0.468 e. The number of nitrogens with zero attached hydrogens (tertiary/aromatic N) is 2. The largest absolute Gasteiger partial charge is 0.468 e. The number of carbonyl (C=O) groups is 2. The first-order valence-electron chi connectivity index (χ1n) is 6.44. The molecule has 1 aliphatic rings. The normalized spacial score (nSPS) is 16.0. The van der Waals surface area contributed by atoms with Gasteiger partial charge in [0.05, 0.1) is 13.7 Å². The first-order valence-corrected chi connectivity index (χ1v) is 7.23. The first kappa shape index (κ1) is 15.0. The van der Waals surface area contributed by atoms with Crippen LogP contribution in [-0.4, -0.2) is 61.5 Å². The Morgan fingerprint density at radius 1 is 1.15 bits per heavy atom. The molecule has 1 fully saturated rings. The van der Waals surface area contributed by atoms with Crippen molar-refractivity contribution in [3.05, 3.63) is 34.3 Å². The SMILES string of the molecule is COC(=O)CN1CCN(C(=O)c2ccc(Br)cc2)CC1. The van der Waals surface area contributed by atoms with Gasteiger partial charge in [-0.1, -0.05) is 15.9 Å². The molecule has 0 saturated carbocycles. The number of rotatable bonds is 3. The van der Waals surface area contributed by atoms with E-state index >= 15 is 0 Å². The molecule has 20 heavy (non-hydrogen) atoms. The standard InChI is InChI=1S/C14H17BrN2O3/c1-20-13(18)10-16-6-8-17(9-7-16)14(19)11-2-4-12(15)5-3-11/h2-5H,6-10H2,1H3. The van der Waals surface area contributed by atoms with E-state index in [-0.39, 0.29) is 18.4 Å². The van der Waals surface area contributed by atoms with Crippen LogP contribution in [0, 0.1) is 0 Å². The molecule has 5 nitrogen and oxygen atoms in total. The van der Waals surface area contributed by atoms with Crippen molar-refractivity contribution in [3.8, 4) is 0 Å². The van der Waals surface area contributed by atoms with Crippen LogP contribution < -0.4 is 0 Å². The highest BCUT2D eigenvalue weighted by Crippen LogP contribution is 2.13. The molecule has 108 valence electrons. The van der Waals surface area contributed by atoms with Crippen molar-refractivity contribution >= 4 is 27.8 Å². The summed E-state index contributed by atoms with van der Waals surface area (Å²) in [5, 5.41) is 0. The van der Waals surface area contributed by atoms with E-state index in [0.717, 1.165) is 4.47 Å². The Bertz CT molecular complexity index is 482. The number of carbonyl (C=O) groups excluding carboxylic acids is 2. The van der Waals surface area contributed by atoms with Gasteiger partial charge in [0, 0.05) is 36.2 Å². The fourth-order valence-electron chi connectivity index (χ4n) is 2.13. The van der Waals surface area contributed by atoms with E-state index in [1.54, 1.807) is 0 Å². The predicted molar refractivity (Wildman–Crippen MR) is 78.5 cm³/mol. The van der Waals surface area contributed by atoms with E-state index in [2.05, 4.69) is 20.7 Å². The molecule has 1 aromatic rings. The smallest absolute Gasteiger partial charge is 0.319 e. The summed E-state index contributed by atoms with van der Waals surface area (Å²) >= 11 is 3.35. The third-order valence-corrected chi connectivity index (χ3v) is 3.86. The molecule has 0 spiro atoms. The zero-order valence-corrected chi connectivity index (χ0v) is 12.9. The van der Waals surface area contributed by atoms with Crippen molar-refractivity contribution in [1.82, 2.24) is 9.80 Å². The van der Waals surface area contributed by atoms with E-state index in [1.165, 1.54) is 7.11 Å². The van der Waals surface area contributed by atoms with Crippen LogP contribution in [0.3, 0.4) is 0 Å². The molecule has 1 saturated heterocycles. The highest BCUT2D eigenvalue weighted by molar-refractivity contribution is 9.10. The third-order valence-electron chi connectivity index (χ3n) is 3.33. The minimum atomic E-state index is -0.238. The second kappa shape index (κ2) is 6.85. The number of esters is 1. The van der Waals surface area contributed by atoms with Gasteiger partial charge >= 0.3 is 5.97 Å². The molecule has 6 heteroatoms. The summed E-state index contributed by atoms with van der Waals surface area (Å²) in [4.78, 5) is 27.3. The van der Waals surface area contributed by atoms with Crippen molar-refractivity contribution in [2.24, 2.45) is 0 Å². The van der Waals surface area contributed by atoms with Gasteiger partial charge < -0.3 is 9.64 Å². The van der Waals surface area contributed by atoms with Crippen molar-refractivity contribution < 1.29 is 14.3 Å². The molecular formula is C14H17BrN2O3. The maximum Gasteiger partial charge on any atom is 0.319 e. The van der Waals surface area contributed by atoms with Crippen molar-refractivity contribution in [2.75, 3.05) is 39.8 Å². The van der Waals surface area contributed by atoms with E-state index < -0.39 is 0 Å². The molecule has 0 aromatic heterocycles. The highest BCUT2D eigenvalue weighted by atomic mass is 79.9. The number of methoxy groups -OCH3 is 1. The topological polar surface area (TPSA) is 49.9 Å². The van der Waals surface area contributed by atoms with Gasteiger partial charge in [-0.25, -0.2) is 0 Å². The summed E-state index contributed by atoms with van der Waals surface area (Å²) in [7, 11) is 1.38. The highest BCUT2D eigenvalue weighted by Gasteiger charge is 2.23. The molecule has 1 amide bonds. The number of ether oxygens (including phenoxy) is 1. The number of hydrogen-bond donors (Lipinski definition) is 0. The lowest BCUT2D eigenvalue weighted by Gasteiger charge is -2.34.